The Kier molecular flexibility index (Phi) is 4.95. The molecule has 1 saturated carbocycles. The second kappa shape index (κ2) is 7.38. The third-order valence-corrected chi connectivity index (χ3v) is 5.53. The molecule has 7 heteroatoms. The molecule has 1 N–H and O–H groups in total. The average Bonchev–Trinajstić information content (AvgIpc) is 3.30. The fourth-order valence-electron chi connectivity index (χ4n) is 3.51. The first-order valence-corrected chi connectivity index (χ1v) is 10.4. The lowest BCUT2D eigenvalue weighted by Gasteiger charge is -2.24. The van der Waals surface area contributed by atoms with Crippen LogP contribution in [0.25, 0.3) is 11.0 Å². The van der Waals surface area contributed by atoms with Gasteiger partial charge in [0.2, 0.25) is 0 Å². The van der Waals surface area contributed by atoms with Crippen molar-refractivity contribution in [2.75, 3.05) is 23.3 Å². The SMILES string of the molecule is CCCN(CC1CC1)c1cc(Nc2c(C)cc(C)c3nsnc23)nc(C)n1. The van der Waals surface area contributed by atoms with Gasteiger partial charge in [-0.15, -0.1) is 0 Å². The lowest BCUT2D eigenvalue weighted by Crippen LogP contribution is -2.27. The van der Waals surface area contributed by atoms with Crippen molar-refractivity contribution in [3.63, 3.8) is 0 Å². The Labute approximate surface area is 164 Å². The van der Waals surface area contributed by atoms with E-state index in [0.717, 1.165) is 70.7 Å². The van der Waals surface area contributed by atoms with E-state index in [1.807, 2.05) is 6.92 Å². The van der Waals surface area contributed by atoms with Crippen molar-refractivity contribution in [3.05, 3.63) is 29.1 Å². The Bertz CT molecular complexity index is 963. The van der Waals surface area contributed by atoms with Crippen molar-refractivity contribution in [2.45, 2.75) is 47.0 Å². The molecule has 0 aliphatic heterocycles. The molecule has 1 aliphatic rings. The molecule has 0 saturated heterocycles. The van der Waals surface area contributed by atoms with Crippen molar-refractivity contribution in [1.29, 1.82) is 0 Å². The van der Waals surface area contributed by atoms with Gasteiger partial charge in [0.05, 0.1) is 17.4 Å². The molecule has 0 amide bonds. The zero-order valence-corrected chi connectivity index (χ0v) is 17.2. The molecule has 0 bridgehead atoms. The Morgan fingerprint density at radius 1 is 1.07 bits per heavy atom. The van der Waals surface area contributed by atoms with Crippen LogP contribution in [0.5, 0.6) is 0 Å². The number of fused-ring (bicyclic) bond motifs is 1. The van der Waals surface area contributed by atoms with Gasteiger partial charge >= 0.3 is 0 Å². The van der Waals surface area contributed by atoms with Crippen LogP contribution in [-0.2, 0) is 0 Å². The maximum Gasteiger partial charge on any atom is 0.136 e. The highest BCUT2D eigenvalue weighted by Gasteiger charge is 2.25. The van der Waals surface area contributed by atoms with Gasteiger partial charge in [-0.25, -0.2) is 9.97 Å². The number of hydrogen-bond donors (Lipinski definition) is 1. The number of nitrogens with zero attached hydrogens (tertiary/aromatic N) is 5. The van der Waals surface area contributed by atoms with E-state index in [2.05, 4.69) is 56.9 Å². The number of aryl methyl sites for hydroxylation is 3. The van der Waals surface area contributed by atoms with Crippen LogP contribution in [0.15, 0.2) is 12.1 Å². The van der Waals surface area contributed by atoms with E-state index in [4.69, 9.17) is 4.98 Å². The lowest BCUT2D eigenvalue weighted by atomic mass is 10.1. The monoisotopic (exact) mass is 382 g/mol. The minimum Gasteiger partial charge on any atom is -0.356 e. The van der Waals surface area contributed by atoms with Gasteiger partial charge in [-0.1, -0.05) is 13.0 Å². The minimum atomic E-state index is 0.782. The third kappa shape index (κ3) is 3.88. The molecule has 0 atom stereocenters. The fourth-order valence-corrected chi connectivity index (χ4v) is 4.12. The molecule has 27 heavy (non-hydrogen) atoms. The summed E-state index contributed by atoms with van der Waals surface area (Å²) in [5.41, 5.74) is 5.16. The van der Waals surface area contributed by atoms with Crippen LogP contribution in [-0.4, -0.2) is 31.8 Å². The number of aromatic nitrogens is 4. The van der Waals surface area contributed by atoms with Crippen molar-refractivity contribution in [3.8, 4) is 0 Å². The predicted octanol–water partition coefficient (Wildman–Crippen LogP) is 4.78. The molecule has 3 aromatic rings. The van der Waals surface area contributed by atoms with Crippen LogP contribution >= 0.6 is 11.7 Å². The number of benzene rings is 1. The molecular weight excluding hydrogens is 356 g/mol. The van der Waals surface area contributed by atoms with E-state index in [-0.39, 0.29) is 0 Å². The van der Waals surface area contributed by atoms with Crippen LogP contribution < -0.4 is 10.2 Å². The largest absolute Gasteiger partial charge is 0.356 e. The van der Waals surface area contributed by atoms with Crippen molar-refractivity contribution in [1.82, 2.24) is 18.7 Å². The lowest BCUT2D eigenvalue weighted by molar-refractivity contribution is 0.696. The fraction of sp³-hybridized carbons (Fsp3) is 0.500. The van der Waals surface area contributed by atoms with Gasteiger partial charge in [0, 0.05) is 19.2 Å². The Morgan fingerprint density at radius 2 is 1.85 bits per heavy atom. The molecule has 0 radical (unpaired) electrons. The van der Waals surface area contributed by atoms with Crippen LogP contribution in [0, 0.1) is 26.7 Å². The van der Waals surface area contributed by atoms with E-state index < -0.39 is 0 Å². The summed E-state index contributed by atoms with van der Waals surface area (Å²) in [7, 11) is 0. The van der Waals surface area contributed by atoms with Gasteiger partial charge in [0.1, 0.15) is 28.5 Å². The first-order chi connectivity index (χ1) is 13.0. The normalized spacial score (nSPS) is 13.9. The Balaban J connectivity index is 1.68. The van der Waals surface area contributed by atoms with Crippen LogP contribution in [0.3, 0.4) is 0 Å². The molecule has 1 fully saturated rings. The molecule has 1 aliphatic carbocycles. The summed E-state index contributed by atoms with van der Waals surface area (Å²) in [6.45, 7) is 10.5. The van der Waals surface area contributed by atoms with E-state index in [9.17, 15) is 0 Å². The van der Waals surface area contributed by atoms with E-state index in [0.29, 0.717) is 0 Å². The van der Waals surface area contributed by atoms with E-state index in [1.165, 1.54) is 24.6 Å². The van der Waals surface area contributed by atoms with Crippen LogP contribution in [0.1, 0.15) is 43.1 Å². The molecule has 4 rings (SSSR count). The summed E-state index contributed by atoms with van der Waals surface area (Å²) < 4.78 is 8.95. The summed E-state index contributed by atoms with van der Waals surface area (Å²) in [5, 5.41) is 3.50. The summed E-state index contributed by atoms with van der Waals surface area (Å²) in [6.07, 6.45) is 3.79. The zero-order valence-electron chi connectivity index (χ0n) is 16.4. The highest BCUT2D eigenvalue weighted by Crippen LogP contribution is 2.33. The van der Waals surface area contributed by atoms with E-state index in [1.54, 1.807) is 0 Å². The van der Waals surface area contributed by atoms with Gasteiger partial charge in [-0.2, -0.15) is 8.75 Å². The van der Waals surface area contributed by atoms with Crippen molar-refractivity contribution in [2.24, 2.45) is 5.92 Å². The topological polar surface area (TPSA) is 66.8 Å². The van der Waals surface area contributed by atoms with Gasteiger partial charge in [0.25, 0.3) is 0 Å². The first kappa shape index (κ1) is 18.1. The van der Waals surface area contributed by atoms with E-state index >= 15 is 0 Å². The highest BCUT2D eigenvalue weighted by atomic mass is 32.1. The quantitative estimate of drug-likeness (QED) is 0.634. The summed E-state index contributed by atoms with van der Waals surface area (Å²) in [4.78, 5) is 11.7. The van der Waals surface area contributed by atoms with Crippen molar-refractivity contribution < 1.29 is 0 Å². The Morgan fingerprint density at radius 3 is 2.59 bits per heavy atom. The van der Waals surface area contributed by atoms with Gasteiger partial charge in [0.15, 0.2) is 0 Å². The third-order valence-electron chi connectivity index (χ3n) is 5.00. The molecular formula is C20H26N6S. The molecule has 0 unspecified atom stereocenters. The maximum atomic E-state index is 4.71. The molecule has 0 spiro atoms. The highest BCUT2D eigenvalue weighted by molar-refractivity contribution is 7.00. The zero-order chi connectivity index (χ0) is 19.0. The Hall–Kier alpha value is -2.28. The number of anilines is 3. The minimum absolute atomic E-state index is 0.782. The van der Waals surface area contributed by atoms with Gasteiger partial charge in [-0.05, 0) is 57.1 Å². The van der Waals surface area contributed by atoms with Crippen LogP contribution in [0.2, 0.25) is 0 Å². The number of nitrogens with one attached hydrogen (secondary N) is 1. The van der Waals surface area contributed by atoms with Gasteiger partial charge < -0.3 is 10.2 Å². The standard InChI is InChI=1S/C20H26N6S/c1-5-8-26(11-15-6-7-15)17-10-16(21-14(4)22-17)23-18-12(2)9-13(3)19-20(18)25-27-24-19/h9-10,15H,5-8,11H2,1-4H3,(H,21,22,23). The van der Waals surface area contributed by atoms with Crippen molar-refractivity contribution >= 4 is 40.1 Å². The summed E-state index contributed by atoms with van der Waals surface area (Å²) >= 11 is 1.25. The predicted molar refractivity (Wildman–Crippen MR) is 112 cm³/mol. The first-order valence-electron chi connectivity index (χ1n) is 9.65. The smallest absolute Gasteiger partial charge is 0.136 e. The second-order valence-corrected chi connectivity index (χ2v) is 8.05. The average molecular weight is 383 g/mol. The molecule has 2 aromatic heterocycles. The summed E-state index contributed by atoms with van der Waals surface area (Å²) in [6, 6.07) is 4.22. The molecule has 6 nitrogen and oxygen atoms in total. The van der Waals surface area contributed by atoms with Crippen LogP contribution in [0.4, 0.5) is 17.3 Å². The number of hydrogen-bond acceptors (Lipinski definition) is 7. The second-order valence-electron chi connectivity index (χ2n) is 7.52. The molecule has 1 aromatic carbocycles. The maximum absolute atomic E-state index is 4.71. The molecule has 142 valence electrons. The number of rotatable bonds is 7. The summed E-state index contributed by atoms with van der Waals surface area (Å²) in [5.74, 6) is 3.43. The molecule has 2 heterocycles. The van der Waals surface area contributed by atoms with Gasteiger partial charge in [-0.3, -0.25) is 0 Å².